The molecule has 100 valence electrons. The van der Waals surface area contributed by atoms with E-state index in [0.717, 1.165) is 0 Å². The highest BCUT2D eigenvalue weighted by Gasteiger charge is 2.12. The van der Waals surface area contributed by atoms with Crippen molar-refractivity contribution in [1.29, 1.82) is 0 Å². The van der Waals surface area contributed by atoms with E-state index in [1.165, 1.54) is 7.05 Å². The van der Waals surface area contributed by atoms with Gasteiger partial charge < -0.3 is 5.32 Å². The first-order valence-electron chi connectivity index (χ1n) is 5.29. The van der Waals surface area contributed by atoms with Gasteiger partial charge in [-0.05, 0) is 30.7 Å². The van der Waals surface area contributed by atoms with Crippen LogP contribution in [0.1, 0.15) is 15.9 Å². The number of sulfonamides is 1. The van der Waals surface area contributed by atoms with Crippen LogP contribution in [0.15, 0.2) is 18.2 Å². The molecule has 2 N–H and O–H groups in total. The average molecular weight is 291 g/mol. The van der Waals surface area contributed by atoms with E-state index in [-0.39, 0.29) is 17.5 Å². The molecule has 0 fully saturated rings. The van der Waals surface area contributed by atoms with Crippen LogP contribution in [0.2, 0.25) is 0 Å². The lowest BCUT2D eigenvalue weighted by Crippen LogP contribution is -2.20. The Morgan fingerprint density at radius 2 is 2.06 bits per heavy atom. The van der Waals surface area contributed by atoms with Gasteiger partial charge in [0.25, 0.3) is 5.91 Å². The van der Waals surface area contributed by atoms with Crippen LogP contribution < -0.4 is 10.0 Å². The van der Waals surface area contributed by atoms with E-state index in [2.05, 4.69) is 10.0 Å². The number of nitrogens with one attached hydrogen (secondary N) is 2. The van der Waals surface area contributed by atoms with Crippen molar-refractivity contribution in [3.8, 4) is 0 Å². The van der Waals surface area contributed by atoms with Crippen LogP contribution in [-0.2, 0) is 10.0 Å². The van der Waals surface area contributed by atoms with Crippen molar-refractivity contribution in [1.82, 2.24) is 5.32 Å². The Balaban J connectivity index is 2.97. The van der Waals surface area contributed by atoms with Crippen LogP contribution in [0.5, 0.6) is 0 Å². The number of carbonyl (C=O) groups is 1. The predicted molar refractivity (Wildman–Crippen MR) is 72.7 cm³/mol. The SMILES string of the molecule is CNC(=O)c1ccc(NS(=O)(=O)CCCl)c(C)c1. The maximum Gasteiger partial charge on any atom is 0.251 e. The third kappa shape index (κ3) is 3.89. The lowest BCUT2D eigenvalue weighted by atomic mass is 10.1. The molecule has 0 aromatic heterocycles. The zero-order chi connectivity index (χ0) is 13.8. The van der Waals surface area contributed by atoms with Gasteiger partial charge in [-0.3, -0.25) is 9.52 Å². The lowest BCUT2D eigenvalue weighted by Gasteiger charge is -2.10. The molecule has 0 bridgehead atoms. The van der Waals surface area contributed by atoms with E-state index in [1.54, 1.807) is 25.1 Å². The molecular weight excluding hydrogens is 276 g/mol. The van der Waals surface area contributed by atoms with Crippen molar-refractivity contribution in [3.63, 3.8) is 0 Å². The van der Waals surface area contributed by atoms with Crippen LogP contribution in [0.3, 0.4) is 0 Å². The third-order valence-corrected chi connectivity index (χ3v) is 4.01. The van der Waals surface area contributed by atoms with E-state index >= 15 is 0 Å². The van der Waals surface area contributed by atoms with E-state index in [4.69, 9.17) is 11.6 Å². The largest absolute Gasteiger partial charge is 0.355 e. The molecule has 1 aromatic carbocycles. The van der Waals surface area contributed by atoms with Gasteiger partial charge in [0.1, 0.15) is 0 Å². The number of halogens is 1. The zero-order valence-electron chi connectivity index (χ0n) is 10.2. The number of alkyl halides is 1. The number of aryl methyl sites for hydroxylation is 1. The van der Waals surface area contributed by atoms with Crippen LogP contribution >= 0.6 is 11.6 Å². The summed E-state index contributed by atoms with van der Waals surface area (Å²) in [7, 11) is -1.89. The van der Waals surface area contributed by atoms with Crippen LogP contribution in [0.4, 0.5) is 5.69 Å². The highest BCUT2D eigenvalue weighted by Crippen LogP contribution is 2.18. The molecule has 0 heterocycles. The Hall–Kier alpha value is -1.27. The Morgan fingerprint density at radius 1 is 1.39 bits per heavy atom. The van der Waals surface area contributed by atoms with Gasteiger partial charge in [-0.25, -0.2) is 8.42 Å². The second-order valence-corrected chi connectivity index (χ2v) is 5.94. The average Bonchev–Trinajstić information content (AvgIpc) is 2.30. The second kappa shape index (κ2) is 6.06. The van der Waals surface area contributed by atoms with Crippen LogP contribution in [0, 0.1) is 6.92 Å². The molecule has 0 spiro atoms. The molecule has 1 rings (SSSR count). The standard InChI is InChI=1S/C11H15ClN2O3S/c1-8-7-9(11(15)13-2)3-4-10(8)14-18(16,17)6-5-12/h3-4,7,14H,5-6H2,1-2H3,(H,13,15). The first-order valence-corrected chi connectivity index (χ1v) is 7.47. The number of rotatable bonds is 5. The molecule has 0 radical (unpaired) electrons. The van der Waals surface area contributed by atoms with Crippen molar-refractivity contribution in [2.45, 2.75) is 6.92 Å². The van der Waals surface area contributed by atoms with Gasteiger partial charge in [0.15, 0.2) is 0 Å². The van der Waals surface area contributed by atoms with Gasteiger partial charge in [-0.1, -0.05) is 0 Å². The monoisotopic (exact) mass is 290 g/mol. The van der Waals surface area contributed by atoms with Crippen molar-refractivity contribution in [3.05, 3.63) is 29.3 Å². The molecule has 18 heavy (non-hydrogen) atoms. The first-order chi connectivity index (χ1) is 8.39. The van der Waals surface area contributed by atoms with Gasteiger partial charge in [0.2, 0.25) is 10.0 Å². The topological polar surface area (TPSA) is 75.3 Å². The molecular formula is C11H15ClN2O3S. The summed E-state index contributed by atoms with van der Waals surface area (Å²) in [6.07, 6.45) is 0. The van der Waals surface area contributed by atoms with Gasteiger partial charge in [-0.2, -0.15) is 0 Å². The van der Waals surface area contributed by atoms with E-state index < -0.39 is 10.0 Å². The quantitative estimate of drug-likeness (QED) is 0.804. The number of hydrogen-bond donors (Lipinski definition) is 2. The highest BCUT2D eigenvalue weighted by atomic mass is 35.5. The maximum absolute atomic E-state index is 11.6. The van der Waals surface area contributed by atoms with Crippen molar-refractivity contribution >= 4 is 33.2 Å². The Kier molecular flexibility index (Phi) is 4.98. The molecule has 0 saturated heterocycles. The normalized spacial score (nSPS) is 11.1. The van der Waals surface area contributed by atoms with Gasteiger partial charge in [0, 0.05) is 18.5 Å². The minimum Gasteiger partial charge on any atom is -0.355 e. The lowest BCUT2D eigenvalue weighted by molar-refractivity contribution is 0.0963. The molecule has 7 heteroatoms. The summed E-state index contributed by atoms with van der Waals surface area (Å²) < 4.78 is 25.5. The number of hydrogen-bond acceptors (Lipinski definition) is 3. The summed E-state index contributed by atoms with van der Waals surface area (Å²) >= 11 is 5.41. The zero-order valence-corrected chi connectivity index (χ0v) is 11.7. The minimum atomic E-state index is -3.43. The third-order valence-electron chi connectivity index (χ3n) is 2.33. The van der Waals surface area contributed by atoms with E-state index in [0.29, 0.717) is 16.8 Å². The smallest absolute Gasteiger partial charge is 0.251 e. The van der Waals surface area contributed by atoms with Crippen LogP contribution in [0.25, 0.3) is 0 Å². The fraction of sp³-hybridized carbons (Fsp3) is 0.364. The molecule has 0 saturated carbocycles. The molecule has 1 amide bonds. The summed E-state index contributed by atoms with van der Waals surface area (Å²) in [6.45, 7) is 1.73. The van der Waals surface area contributed by atoms with Gasteiger partial charge in [-0.15, -0.1) is 11.6 Å². The summed E-state index contributed by atoms with van der Waals surface area (Å²) in [5.74, 6) is -0.330. The minimum absolute atomic E-state index is 0.0324. The Morgan fingerprint density at radius 3 is 2.56 bits per heavy atom. The maximum atomic E-state index is 11.6. The molecule has 1 aromatic rings. The molecule has 0 atom stereocenters. The van der Waals surface area contributed by atoms with E-state index in [9.17, 15) is 13.2 Å². The highest BCUT2D eigenvalue weighted by molar-refractivity contribution is 7.92. The predicted octanol–water partition coefficient (Wildman–Crippen LogP) is 1.34. The number of anilines is 1. The fourth-order valence-electron chi connectivity index (χ4n) is 1.38. The number of amides is 1. The molecule has 5 nitrogen and oxygen atoms in total. The molecule has 0 unspecified atom stereocenters. The number of carbonyl (C=O) groups excluding carboxylic acids is 1. The van der Waals surface area contributed by atoms with Gasteiger partial charge in [0.05, 0.1) is 11.4 Å². The van der Waals surface area contributed by atoms with Gasteiger partial charge >= 0.3 is 0 Å². The van der Waals surface area contributed by atoms with E-state index in [1.807, 2.05) is 0 Å². The fourth-order valence-corrected chi connectivity index (χ4v) is 2.86. The van der Waals surface area contributed by atoms with Crippen LogP contribution in [-0.4, -0.2) is 33.0 Å². The molecule has 0 aliphatic rings. The molecule has 0 aliphatic heterocycles. The van der Waals surface area contributed by atoms with Crippen molar-refractivity contribution < 1.29 is 13.2 Å². The van der Waals surface area contributed by atoms with Crippen molar-refractivity contribution in [2.24, 2.45) is 0 Å². The first kappa shape index (κ1) is 14.8. The Labute approximate surface area is 112 Å². The summed E-state index contributed by atoms with van der Waals surface area (Å²) in [4.78, 5) is 11.4. The Bertz CT molecular complexity index is 543. The summed E-state index contributed by atoms with van der Waals surface area (Å²) in [5, 5.41) is 2.50. The summed E-state index contributed by atoms with van der Waals surface area (Å²) in [6, 6.07) is 4.74. The molecule has 0 aliphatic carbocycles. The summed E-state index contributed by atoms with van der Waals surface area (Å²) in [5.41, 5.74) is 1.61. The number of benzene rings is 1. The van der Waals surface area contributed by atoms with Crippen molar-refractivity contribution in [2.75, 3.05) is 23.4 Å². The second-order valence-electron chi connectivity index (χ2n) is 3.72.